The number of nitrogens with zero attached hydrogens (tertiary/aromatic N) is 1. The fourth-order valence-corrected chi connectivity index (χ4v) is 3.80. The van der Waals surface area contributed by atoms with E-state index in [2.05, 4.69) is 4.99 Å². The summed E-state index contributed by atoms with van der Waals surface area (Å²) in [7, 11) is 1.44. The van der Waals surface area contributed by atoms with Crippen LogP contribution in [0.5, 0.6) is 11.5 Å². The zero-order valence-corrected chi connectivity index (χ0v) is 17.8. The SMILES string of the molecule is CCOC(=O)C1=C(O)/C(=C\c2ccc(OC)cc2O)SC1=Nc1cccc(C(F)(F)F)c1. The Bertz CT molecular complexity index is 1140. The number of halogens is 3. The molecular weight excluding hydrogens is 447 g/mol. The average molecular weight is 465 g/mol. The number of rotatable bonds is 5. The number of phenols is 1. The third-order valence-electron chi connectivity index (χ3n) is 4.30. The van der Waals surface area contributed by atoms with Gasteiger partial charge in [-0.1, -0.05) is 17.8 Å². The van der Waals surface area contributed by atoms with Gasteiger partial charge < -0.3 is 19.7 Å². The first-order chi connectivity index (χ1) is 15.1. The number of aliphatic hydroxyl groups is 1. The van der Waals surface area contributed by atoms with Crippen LogP contribution in [0.15, 0.2) is 63.7 Å². The number of phenolic OH excluding ortho intramolecular Hbond substituents is 1. The van der Waals surface area contributed by atoms with Gasteiger partial charge in [-0.15, -0.1) is 0 Å². The molecule has 3 rings (SSSR count). The Hall–Kier alpha value is -3.40. The highest BCUT2D eigenvalue weighted by atomic mass is 32.2. The van der Waals surface area contributed by atoms with Crippen LogP contribution >= 0.6 is 11.8 Å². The van der Waals surface area contributed by atoms with Crippen LogP contribution in [0, 0.1) is 0 Å². The second-order valence-electron chi connectivity index (χ2n) is 6.44. The number of hydrogen-bond acceptors (Lipinski definition) is 7. The third kappa shape index (κ3) is 5.08. The molecule has 0 aromatic heterocycles. The Balaban J connectivity index is 2.06. The molecule has 2 aromatic carbocycles. The van der Waals surface area contributed by atoms with E-state index in [1.54, 1.807) is 19.1 Å². The van der Waals surface area contributed by atoms with Gasteiger partial charge in [-0.3, -0.25) is 0 Å². The number of alkyl halides is 3. The summed E-state index contributed by atoms with van der Waals surface area (Å²) in [5.74, 6) is -1.03. The molecule has 6 nitrogen and oxygen atoms in total. The summed E-state index contributed by atoms with van der Waals surface area (Å²) in [6.45, 7) is 1.60. The maximum Gasteiger partial charge on any atom is 0.416 e. The van der Waals surface area contributed by atoms with Crippen molar-refractivity contribution in [2.45, 2.75) is 13.1 Å². The first-order valence-electron chi connectivity index (χ1n) is 9.27. The largest absolute Gasteiger partial charge is 0.507 e. The minimum Gasteiger partial charge on any atom is -0.507 e. The maximum atomic E-state index is 13.0. The van der Waals surface area contributed by atoms with E-state index >= 15 is 0 Å². The molecule has 0 unspecified atom stereocenters. The van der Waals surface area contributed by atoms with Crippen LogP contribution in [0.1, 0.15) is 18.1 Å². The predicted octanol–water partition coefficient (Wildman–Crippen LogP) is 5.61. The van der Waals surface area contributed by atoms with Crippen LogP contribution < -0.4 is 4.74 Å². The molecule has 0 fully saturated rings. The molecule has 2 aromatic rings. The lowest BCUT2D eigenvalue weighted by Gasteiger charge is -2.07. The molecule has 10 heteroatoms. The van der Waals surface area contributed by atoms with Crippen molar-refractivity contribution >= 4 is 34.5 Å². The molecule has 1 aliphatic rings. The van der Waals surface area contributed by atoms with Crippen molar-refractivity contribution in [1.29, 1.82) is 0 Å². The highest BCUT2D eigenvalue weighted by Gasteiger charge is 2.34. The highest BCUT2D eigenvalue weighted by Crippen LogP contribution is 2.42. The van der Waals surface area contributed by atoms with Gasteiger partial charge in [0.2, 0.25) is 0 Å². The number of carbonyl (C=O) groups excluding carboxylic acids is 1. The Kier molecular flexibility index (Phi) is 6.83. The van der Waals surface area contributed by atoms with Gasteiger partial charge in [0.1, 0.15) is 27.9 Å². The molecule has 0 amide bonds. The van der Waals surface area contributed by atoms with E-state index < -0.39 is 23.5 Å². The van der Waals surface area contributed by atoms with Crippen LogP contribution in [0.3, 0.4) is 0 Å². The molecule has 0 radical (unpaired) electrons. The van der Waals surface area contributed by atoms with E-state index in [0.717, 1.165) is 23.9 Å². The van der Waals surface area contributed by atoms with Crippen molar-refractivity contribution < 1.29 is 37.7 Å². The van der Waals surface area contributed by atoms with Crippen LogP contribution in [0.4, 0.5) is 18.9 Å². The minimum absolute atomic E-state index is 0.0232. The topological polar surface area (TPSA) is 88.4 Å². The number of aliphatic imine (C=N–C) groups is 1. The Morgan fingerprint density at radius 3 is 2.56 bits per heavy atom. The van der Waals surface area contributed by atoms with E-state index in [4.69, 9.17) is 9.47 Å². The zero-order valence-electron chi connectivity index (χ0n) is 16.9. The predicted molar refractivity (Wildman–Crippen MR) is 115 cm³/mol. The lowest BCUT2D eigenvalue weighted by Crippen LogP contribution is -2.13. The standard InChI is InChI=1S/C22H18F3NO5S/c1-3-31-21(29)18-19(28)17(9-12-7-8-15(30-2)11-16(12)27)32-20(18)26-14-6-4-5-13(10-14)22(23,24)25/h4-11,27-28H,3H2,1-2H3/b17-9+,26-20?. The highest BCUT2D eigenvalue weighted by molar-refractivity contribution is 8.18. The molecule has 1 heterocycles. The Morgan fingerprint density at radius 2 is 1.94 bits per heavy atom. The lowest BCUT2D eigenvalue weighted by atomic mass is 10.1. The summed E-state index contributed by atoms with van der Waals surface area (Å²) in [6, 6.07) is 8.79. The second-order valence-corrected chi connectivity index (χ2v) is 7.48. The van der Waals surface area contributed by atoms with E-state index in [-0.39, 0.29) is 33.6 Å². The molecule has 0 bridgehead atoms. The van der Waals surface area contributed by atoms with Gasteiger partial charge in [0.05, 0.1) is 29.9 Å². The van der Waals surface area contributed by atoms with Crippen molar-refractivity contribution in [1.82, 2.24) is 0 Å². The molecule has 0 saturated heterocycles. The van der Waals surface area contributed by atoms with Crippen molar-refractivity contribution in [3.05, 3.63) is 69.8 Å². The normalized spacial score (nSPS) is 16.7. The number of thioether (sulfide) groups is 1. The van der Waals surface area contributed by atoms with Gasteiger partial charge in [-0.05, 0) is 43.3 Å². The molecule has 0 saturated carbocycles. The Labute approximate surface area is 185 Å². The van der Waals surface area contributed by atoms with Gasteiger partial charge in [0.15, 0.2) is 0 Å². The van der Waals surface area contributed by atoms with Crippen LogP contribution in [0.25, 0.3) is 6.08 Å². The van der Waals surface area contributed by atoms with Gasteiger partial charge >= 0.3 is 12.1 Å². The summed E-state index contributed by atoms with van der Waals surface area (Å²) in [4.78, 5) is 16.7. The molecule has 168 valence electrons. The molecule has 0 atom stereocenters. The molecular formula is C22H18F3NO5S. The van der Waals surface area contributed by atoms with E-state index in [1.165, 1.54) is 31.4 Å². The monoisotopic (exact) mass is 465 g/mol. The van der Waals surface area contributed by atoms with Gasteiger partial charge in [0, 0.05) is 11.6 Å². The number of aliphatic hydroxyl groups excluding tert-OH is 1. The minimum atomic E-state index is -4.56. The van der Waals surface area contributed by atoms with Crippen molar-refractivity contribution in [2.24, 2.45) is 4.99 Å². The number of hydrogen-bond donors (Lipinski definition) is 2. The number of ether oxygens (including phenoxy) is 2. The number of esters is 1. The molecule has 0 spiro atoms. The number of aromatic hydroxyl groups is 1. The summed E-state index contributed by atoms with van der Waals surface area (Å²) >= 11 is 0.865. The maximum absolute atomic E-state index is 13.0. The second kappa shape index (κ2) is 9.39. The van der Waals surface area contributed by atoms with E-state index in [0.29, 0.717) is 11.3 Å². The van der Waals surface area contributed by atoms with Gasteiger partial charge in [-0.2, -0.15) is 13.2 Å². The van der Waals surface area contributed by atoms with Crippen molar-refractivity contribution in [2.75, 3.05) is 13.7 Å². The summed E-state index contributed by atoms with van der Waals surface area (Å²) < 4.78 is 49.1. The van der Waals surface area contributed by atoms with Crippen molar-refractivity contribution in [3.63, 3.8) is 0 Å². The fraction of sp³-hybridized carbons (Fsp3) is 0.182. The lowest BCUT2D eigenvalue weighted by molar-refractivity contribution is -0.138. The smallest absolute Gasteiger partial charge is 0.416 e. The summed E-state index contributed by atoms with van der Waals surface area (Å²) in [5.41, 5.74) is -0.894. The molecule has 2 N–H and O–H groups in total. The third-order valence-corrected chi connectivity index (χ3v) is 5.32. The first kappa shape index (κ1) is 23.3. The van der Waals surface area contributed by atoms with E-state index in [9.17, 15) is 28.2 Å². The van der Waals surface area contributed by atoms with E-state index in [1.807, 2.05) is 0 Å². The van der Waals surface area contributed by atoms with Gasteiger partial charge in [0.25, 0.3) is 0 Å². The molecule has 32 heavy (non-hydrogen) atoms. The van der Waals surface area contributed by atoms with Gasteiger partial charge in [-0.25, -0.2) is 9.79 Å². The first-order valence-corrected chi connectivity index (χ1v) is 10.1. The average Bonchev–Trinajstić information content (AvgIpc) is 3.04. The van der Waals surface area contributed by atoms with Crippen LogP contribution in [-0.4, -0.2) is 34.9 Å². The quantitative estimate of drug-likeness (QED) is 0.558. The number of benzene rings is 2. The fourth-order valence-electron chi connectivity index (χ4n) is 2.77. The Morgan fingerprint density at radius 1 is 1.19 bits per heavy atom. The number of carbonyl (C=O) groups is 1. The van der Waals surface area contributed by atoms with Crippen LogP contribution in [-0.2, 0) is 15.7 Å². The molecule has 1 aliphatic heterocycles. The number of methoxy groups -OCH3 is 1. The molecule has 0 aliphatic carbocycles. The van der Waals surface area contributed by atoms with Crippen molar-refractivity contribution in [3.8, 4) is 11.5 Å². The van der Waals surface area contributed by atoms with Crippen LogP contribution in [0.2, 0.25) is 0 Å². The summed E-state index contributed by atoms with van der Waals surface area (Å²) in [5, 5.41) is 20.8. The zero-order chi connectivity index (χ0) is 23.5. The summed E-state index contributed by atoms with van der Waals surface area (Å²) in [6.07, 6.45) is -3.14.